The number of hydrogen-bond acceptors (Lipinski definition) is 4. The van der Waals surface area contributed by atoms with Gasteiger partial charge in [-0.3, -0.25) is 13.9 Å². The van der Waals surface area contributed by atoms with Gasteiger partial charge in [-0.1, -0.05) is 63.4 Å². The highest BCUT2D eigenvalue weighted by Crippen LogP contribution is 2.27. The second-order valence-corrected chi connectivity index (χ2v) is 12.5. The minimum atomic E-state index is -4.12. The van der Waals surface area contributed by atoms with Gasteiger partial charge in [0.1, 0.15) is 12.6 Å². The third-order valence-corrected chi connectivity index (χ3v) is 8.34. The average Bonchev–Trinajstić information content (AvgIpc) is 2.85. The highest BCUT2D eigenvalue weighted by molar-refractivity contribution is 9.10. The number of aryl methyl sites for hydroxylation is 1. The number of halogens is 2. The van der Waals surface area contributed by atoms with Gasteiger partial charge in [-0.15, -0.1) is 0 Å². The van der Waals surface area contributed by atoms with E-state index < -0.39 is 28.5 Å². The number of nitrogens with zero attached hydrogens (tertiary/aromatic N) is 2. The molecular formula is C28H31BrClN3O4S. The van der Waals surface area contributed by atoms with Crippen molar-refractivity contribution < 1.29 is 18.0 Å². The molecule has 2 amide bonds. The highest BCUT2D eigenvalue weighted by atomic mass is 79.9. The maximum Gasteiger partial charge on any atom is 0.264 e. The Morgan fingerprint density at radius 1 is 0.974 bits per heavy atom. The number of anilines is 1. The number of carbonyl (C=O) groups excluding carboxylic acids is 2. The van der Waals surface area contributed by atoms with E-state index in [0.29, 0.717) is 20.7 Å². The van der Waals surface area contributed by atoms with Crippen molar-refractivity contribution in [1.82, 2.24) is 10.2 Å². The van der Waals surface area contributed by atoms with Gasteiger partial charge in [-0.25, -0.2) is 8.42 Å². The van der Waals surface area contributed by atoms with E-state index in [2.05, 4.69) is 21.2 Å². The maximum absolute atomic E-state index is 13.9. The molecule has 0 bridgehead atoms. The molecule has 0 fully saturated rings. The summed E-state index contributed by atoms with van der Waals surface area (Å²) in [6, 6.07) is 19.2. The molecule has 1 N–H and O–H groups in total. The Morgan fingerprint density at radius 2 is 1.63 bits per heavy atom. The molecule has 0 unspecified atom stereocenters. The zero-order valence-electron chi connectivity index (χ0n) is 21.7. The molecule has 3 rings (SSSR count). The number of hydrogen-bond donors (Lipinski definition) is 1. The number of nitrogens with one attached hydrogen (secondary N) is 1. The average molecular weight is 621 g/mol. The van der Waals surface area contributed by atoms with Crippen LogP contribution < -0.4 is 9.62 Å². The van der Waals surface area contributed by atoms with Crippen LogP contribution in [0.1, 0.15) is 31.9 Å². The van der Waals surface area contributed by atoms with E-state index >= 15 is 0 Å². The molecule has 0 radical (unpaired) electrons. The number of rotatable bonds is 10. The third-order valence-electron chi connectivity index (χ3n) is 5.82. The van der Waals surface area contributed by atoms with Crippen LogP contribution in [0.25, 0.3) is 0 Å². The largest absolute Gasteiger partial charge is 0.352 e. The lowest BCUT2D eigenvalue weighted by Crippen LogP contribution is -2.52. The van der Waals surface area contributed by atoms with Crippen LogP contribution in [0.2, 0.25) is 5.02 Å². The van der Waals surface area contributed by atoms with Gasteiger partial charge in [-0.05, 0) is 75.7 Å². The molecule has 0 aromatic heterocycles. The van der Waals surface area contributed by atoms with E-state index in [0.717, 1.165) is 9.87 Å². The summed E-state index contributed by atoms with van der Waals surface area (Å²) in [7, 11) is -4.12. The van der Waals surface area contributed by atoms with E-state index in [-0.39, 0.29) is 23.4 Å². The summed E-state index contributed by atoms with van der Waals surface area (Å²) in [5.74, 6) is -0.877. The van der Waals surface area contributed by atoms with E-state index in [4.69, 9.17) is 11.6 Å². The lowest BCUT2D eigenvalue weighted by molar-refractivity contribution is -0.139. The van der Waals surface area contributed by atoms with Crippen molar-refractivity contribution in [3.8, 4) is 0 Å². The standard InChI is InChI=1S/C28H31BrClN3O4S/c1-19(2)31-28(35)21(4)32(17-22-7-5-9-24(30)15-22)27(34)18-33(25-10-6-8-23(29)16-25)38(36,37)26-13-11-20(3)12-14-26/h5-16,19,21H,17-18H2,1-4H3,(H,31,35)/t21-/m0/s1. The maximum atomic E-state index is 13.9. The van der Waals surface area contributed by atoms with Gasteiger partial charge in [0.25, 0.3) is 10.0 Å². The molecule has 0 saturated carbocycles. The van der Waals surface area contributed by atoms with Crippen molar-refractivity contribution in [3.63, 3.8) is 0 Å². The van der Waals surface area contributed by atoms with Crippen LogP contribution in [0.15, 0.2) is 82.2 Å². The van der Waals surface area contributed by atoms with Gasteiger partial charge in [0.15, 0.2) is 0 Å². The fourth-order valence-electron chi connectivity index (χ4n) is 3.82. The first kappa shape index (κ1) is 29.7. The van der Waals surface area contributed by atoms with Crippen molar-refractivity contribution in [3.05, 3.63) is 93.4 Å². The molecule has 0 aliphatic heterocycles. The van der Waals surface area contributed by atoms with Gasteiger partial charge in [0, 0.05) is 22.1 Å². The van der Waals surface area contributed by atoms with Gasteiger partial charge in [-0.2, -0.15) is 0 Å². The third kappa shape index (κ3) is 7.58. The summed E-state index contributed by atoms with van der Waals surface area (Å²) in [5, 5.41) is 3.32. The molecule has 3 aromatic carbocycles. The second-order valence-electron chi connectivity index (χ2n) is 9.30. The van der Waals surface area contributed by atoms with Crippen molar-refractivity contribution in [2.24, 2.45) is 0 Å². The van der Waals surface area contributed by atoms with Gasteiger partial charge < -0.3 is 10.2 Å². The summed E-state index contributed by atoms with van der Waals surface area (Å²) in [4.78, 5) is 28.2. The van der Waals surface area contributed by atoms with Crippen LogP contribution in [0.4, 0.5) is 5.69 Å². The Balaban J connectivity index is 2.03. The lowest BCUT2D eigenvalue weighted by atomic mass is 10.1. The number of benzene rings is 3. The van der Waals surface area contributed by atoms with Gasteiger partial charge in [0.2, 0.25) is 11.8 Å². The Bertz CT molecular complexity index is 1400. The summed E-state index contributed by atoms with van der Waals surface area (Å²) >= 11 is 9.55. The summed E-state index contributed by atoms with van der Waals surface area (Å²) in [6.45, 7) is 6.71. The number of sulfonamides is 1. The molecule has 202 valence electrons. The predicted molar refractivity (Wildman–Crippen MR) is 155 cm³/mol. The van der Waals surface area contributed by atoms with Crippen molar-refractivity contribution in [2.45, 2.75) is 51.2 Å². The van der Waals surface area contributed by atoms with Crippen molar-refractivity contribution >= 4 is 55.1 Å². The molecule has 0 heterocycles. The van der Waals surface area contributed by atoms with Crippen LogP contribution >= 0.6 is 27.5 Å². The van der Waals surface area contributed by atoms with Crippen LogP contribution in [-0.2, 0) is 26.2 Å². The summed E-state index contributed by atoms with van der Waals surface area (Å²) in [5.41, 5.74) is 1.94. The number of amides is 2. The van der Waals surface area contributed by atoms with Crippen molar-refractivity contribution in [1.29, 1.82) is 0 Å². The Hall–Kier alpha value is -2.88. The van der Waals surface area contributed by atoms with Crippen molar-refractivity contribution in [2.75, 3.05) is 10.8 Å². The Kier molecular flexibility index (Phi) is 9.98. The fraction of sp³-hybridized carbons (Fsp3) is 0.286. The van der Waals surface area contributed by atoms with Crippen LogP contribution in [0.3, 0.4) is 0 Å². The van der Waals surface area contributed by atoms with Crippen LogP contribution in [0.5, 0.6) is 0 Å². The van der Waals surface area contributed by atoms with E-state index in [1.165, 1.54) is 17.0 Å². The van der Waals surface area contributed by atoms with E-state index in [9.17, 15) is 18.0 Å². The van der Waals surface area contributed by atoms with E-state index in [1.807, 2.05) is 20.8 Å². The lowest BCUT2D eigenvalue weighted by Gasteiger charge is -2.32. The first-order valence-corrected chi connectivity index (χ1v) is 14.7. The molecular weight excluding hydrogens is 590 g/mol. The molecule has 3 aromatic rings. The smallest absolute Gasteiger partial charge is 0.264 e. The normalized spacial score (nSPS) is 12.2. The second kappa shape index (κ2) is 12.8. The highest BCUT2D eigenvalue weighted by Gasteiger charge is 2.32. The van der Waals surface area contributed by atoms with Gasteiger partial charge >= 0.3 is 0 Å². The minimum Gasteiger partial charge on any atom is -0.352 e. The molecule has 38 heavy (non-hydrogen) atoms. The number of carbonyl (C=O) groups is 2. The molecule has 0 aliphatic carbocycles. The zero-order chi connectivity index (χ0) is 28.0. The molecule has 0 saturated heterocycles. The quantitative estimate of drug-likeness (QED) is 0.322. The Labute approximate surface area is 238 Å². The van der Waals surface area contributed by atoms with Crippen LogP contribution in [0, 0.1) is 6.92 Å². The van der Waals surface area contributed by atoms with Gasteiger partial charge in [0.05, 0.1) is 10.6 Å². The summed E-state index contributed by atoms with van der Waals surface area (Å²) < 4.78 is 29.3. The first-order valence-electron chi connectivity index (χ1n) is 12.1. The Morgan fingerprint density at radius 3 is 2.24 bits per heavy atom. The van der Waals surface area contributed by atoms with Crippen LogP contribution in [-0.4, -0.2) is 43.8 Å². The minimum absolute atomic E-state index is 0.0582. The zero-order valence-corrected chi connectivity index (χ0v) is 24.8. The molecule has 7 nitrogen and oxygen atoms in total. The molecule has 10 heteroatoms. The first-order chi connectivity index (χ1) is 17.9. The topological polar surface area (TPSA) is 86.8 Å². The monoisotopic (exact) mass is 619 g/mol. The fourth-order valence-corrected chi connectivity index (χ4v) is 5.82. The molecule has 1 atom stereocenters. The van der Waals surface area contributed by atoms with E-state index in [1.54, 1.807) is 67.6 Å². The predicted octanol–water partition coefficient (Wildman–Crippen LogP) is 5.55. The molecule has 0 aliphatic rings. The SMILES string of the molecule is Cc1ccc(S(=O)(=O)N(CC(=O)N(Cc2cccc(Cl)c2)[C@@H](C)C(=O)NC(C)C)c2cccc(Br)c2)cc1. The summed E-state index contributed by atoms with van der Waals surface area (Å²) in [6.07, 6.45) is 0. The molecule has 0 spiro atoms.